The first-order chi connectivity index (χ1) is 9.47. The van der Waals surface area contributed by atoms with Crippen molar-refractivity contribution >= 4 is 11.4 Å². The summed E-state index contributed by atoms with van der Waals surface area (Å²) in [7, 11) is 0. The lowest BCUT2D eigenvalue weighted by Crippen LogP contribution is -2.30. The van der Waals surface area contributed by atoms with Crippen LogP contribution in [0.25, 0.3) is 0 Å². The highest BCUT2D eigenvalue weighted by molar-refractivity contribution is 5.58. The summed E-state index contributed by atoms with van der Waals surface area (Å²) in [5, 5.41) is 10.6. The SMILES string of the molecule is CCN(CC)CC(C)COc1ccc([N+](=O)[O-])cc1N. The Kier molecular flexibility index (Phi) is 6.24. The van der Waals surface area contributed by atoms with Gasteiger partial charge in [-0.05, 0) is 19.2 Å². The Morgan fingerprint density at radius 1 is 1.40 bits per heavy atom. The molecule has 6 heteroatoms. The van der Waals surface area contributed by atoms with Crippen LogP contribution in [0.15, 0.2) is 18.2 Å². The summed E-state index contributed by atoms with van der Waals surface area (Å²) in [6.07, 6.45) is 0. The van der Waals surface area contributed by atoms with E-state index in [2.05, 4.69) is 25.7 Å². The van der Waals surface area contributed by atoms with Crippen LogP contribution in [0, 0.1) is 16.0 Å². The molecule has 0 aliphatic carbocycles. The zero-order chi connectivity index (χ0) is 15.1. The first-order valence-electron chi connectivity index (χ1n) is 6.87. The molecule has 2 N–H and O–H groups in total. The van der Waals surface area contributed by atoms with Gasteiger partial charge in [-0.1, -0.05) is 20.8 Å². The van der Waals surface area contributed by atoms with Crippen molar-refractivity contribution < 1.29 is 9.66 Å². The lowest BCUT2D eigenvalue weighted by atomic mass is 10.2. The molecule has 1 aromatic carbocycles. The molecule has 0 radical (unpaired) electrons. The van der Waals surface area contributed by atoms with E-state index < -0.39 is 4.92 Å². The molecule has 1 rings (SSSR count). The topological polar surface area (TPSA) is 81.6 Å². The zero-order valence-corrected chi connectivity index (χ0v) is 12.3. The molecule has 1 atom stereocenters. The first-order valence-corrected chi connectivity index (χ1v) is 6.87. The Morgan fingerprint density at radius 3 is 2.55 bits per heavy atom. The van der Waals surface area contributed by atoms with Crippen molar-refractivity contribution in [2.75, 3.05) is 32.0 Å². The summed E-state index contributed by atoms with van der Waals surface area (Å²) in [5.74, 6) is 0.867. The Bertz CT molecular complexity index is 447. The molecule has 0 fully saturated rings. The van der Waals surface area contributed by atoms with Crippen LogP contribution in [0.1, 0.15) is 20.8 Å². The Morgan fingerprint density at radius 2 is 2.05 bits per heavy atom. The third kappa shape index (κ3) is 4.70. The maximum absolute atomic E-state index is 10.6. The van der Waals surface area contributed by atoms with Crippen molar-refractivity contribution in [1.29, 1.82) is 0 Å². The van der Waals surface area contributed by atoms with E-state index in [4.69, 9.17) is 10.5 Å². The summed E-state index contributed by atoms with van der Waals surface area (Å²) in [6.45, 7) is 9.90. The normalized spacial score (nSPS) is 12.4. The highest BCUT2D eigenvalue weighted by atomic mass is 16.6. The molecule has 0 aliphatic rings. The molecule has 0 aromatic heterocycles. The molecule has 0 saturated carbocycles. The van der Waals surface area contributed by atoms with Crippen LogP contribution in [-0.4, -0.2) is 36.1 Å². The van der Waals surface area contributed by atoms with Crippen LogP contribution in [0.3, 0.4) is 0 Å². The summed E-state index contributed by atoms with van der Waals surface area (Å²) in [5.41, 5.74) is 6.04. The van der Waals surface area contributed by atoms with Crippen molar-refractivity contribution in [1.82, 2.24) is 4.90 Å². The molecule has 6 nitrogen and oxygen atoms in total. The van der Waals surface area contributed by atoms with Gasteiger partial charge in [0.1, 0.15) is 5.75 Å². The van der Waals surface area contributed by atoms with Gasteiger partial charge in [0.15, 0.2) is 0 Å². The molecule has 112 valence electrons. The third-order valence-corrected chi connectivity index (χ3v) is 3.19. The quantitative estimate of drug-likeness (QED) is 0.450. The second-order valence-corrected chi connectivity index (χ2v) is 4.88. The van der Waals surface area contributed by atoms with Gasteiger partial charge >= 0.3 is 0 Å². The standard InChI is InChI=1S/C14H23N3O3/c1-4-16(5-2)9-11(3)10-20-14-7-6-12(17(18)19)8-13(14)15/h6-8,11H,4-5,9-10,15H2,1-3H3. The van der Waals surface area contributed by atoms with Gasteiger partial charge in [0, 0.05) is 24.6 Å². The predicted molar refractivity (Wildman–Crippen MR) is 80.0 cm³/mol. The fourth-order valence-electron chi connectivity index (χ4n) is 1.99. The van der Waals surface area contributed by atoms with Crippen molar-refractivity contribution in [2.24, 2.45) is 5.92 Å². The van der Waals surface area contributed by atoms with Gasteiger partial charge in [0.05, 0.1) is 17.2 Å². The van der Waals surface area contributed by atoms with E-state index in [0.29, 0.717) is 24.0 Å². The van der Waals surface area contributed by atoms with Gasteiger partial charge in [-0.3, -0.25) is 10.1 Å². The van der Waals surface area contributed by atoms with Crippen LogP contribution in [0.5, 0.6) is 5.75 Å². The number of anilines is 1. The molecule has 1 unspecified atom stereocenters. The Labute approximate surface area is 119 Å². The number of hydrogen-bond acceptors (Lipinski definition) is 5. The van der Waals surface area contributed by atoms with Crippen LogP contribution in [0.4, 0.5) is 11.4 Å². The van der Waals surface area contributed by atoms with E-state index in [1.165, 1.54) is 12.1 Å². The number of nitrogen functional groups attached to an aromatic ring is 1. The number of nitrogens with two attached hydrogens (primary N) is 1. The fourth-order valence-corrected chi connectivity index (χ4v) is 1.99. The summed E-state index contributed by atoms with van der Waals surface area (Å²) in [4.78, 5) is 12.5. The van der Waals surface area contributed by atoms with Gasteiger partial charge in [0.25, 0.3) is 5.69 Å². The van der Waals surface area contributed by atoms with Crippen molar-refractivity contribution in [3.63, 3.8) is 0 Å². The van der Waals surface area contributed by atoms with Crippen LogP contribution in [-0.2, 0) is 0 Å². The number of ether oxygens (including phenoxy) is 1. The number of nitro benzene ring substituents is 1. The minimum atomic E-state index is -0.469. The van der Waals surface area contributed by atoms with Gasteiger partial charge in [0.2, 0.25) is 0 Å². The van der Waals surface area contributed by atoms with Crippen molar-refractivity contribution in [2.45, 2.75) is 20.8 Å². The van der Waals surface area contributed by atoms with E-state index >= 15 is 0 Å². The molecule has 0 bridgehead atoms. The van der Waals surface area contributed by atoms with Crippen molar-refractivity contribution in [3.8, 4) is 5.75 Å². The minimum Gasteiger partial charge on any atom is -0.491 e. The van der Waals surface area contributed by atoms with Gasteiger partial charge in [-0.25, -0.2) is 0 Å². The van der Waals surface area contributed by atoms with Gasteiger partial charge < -0.3 is 15.4 Å². The number of nitrogens with zero attached hydrogens (tertiary/aromatic N) is 2. The fraction of sp³-hybridized carbons (Fsp3) is 0.571. The van der Waals surface area contributed by atoms with E-state index in [-0.39, 0.29) is 5.69 Å². The Balaban J connectivity index is 2.55. The maximum atomic E-state index is 10.6. The molecule has 1 aromatic rings. The second kappa shape index (κ2) is 7.69. The van der Waals surface area contributed by atoms with Crippen molar-refractivity contribution in [3.05, 3.63) is 28.3 Å². The van der Waals surface area contributed by atoms with E-state index in [0.717, 1.165) is 19.6 Å². The third-order valence-electron chi connectivity index (χ3n) is 3.19. The lowest BCUT2D eigenvalue weighted by molar-refractivity contribution is -0.384. The molecule has 0 aliphatic heterocycles. The maximum Gasteiger partial charge on any atom is 0.271 e. The predicted octanol–water partition coefficient (Wildman–Crippen LogP) is 2.53. The molecule has 0 spiro atoms. The summed E-state index contributed by atoms with van der Waals surface area (Å²) >= 11 is 0. The van der Waals surface area contributed by atoms with E-state index in [9.17, 15) is 10.1 Å². The largest absolute Gasteiger partial charge is 0.491 e. The summed E-state index contributed by atoms with van der Waals surface area (Å²) in [6, 6.07) is 4.28. The number of benzene rings is 1. The number of non-ortho nitro benzene ring substituents is 1. The highest BCUT2D eigenvalue weighted by Gasteiger charge is 2.12. The Hall–Kier alpha value is -1.82. The number of nitro groups is 1. The van der Waals surface area contributed by atoms with Gasteiger partial charge in [-0.15, -0.1) is 0 Å². The number of rotatable bonds is 8. The molecule has 20 heavy (non-hydrogen) atoms. The molecule has 0 amide bonds. The molecule has 0 saturated heterocycles. The first kappa shape index (κ1) is 16.2. The van der Waals surface area contributed by atoms with Crippen LogP contribution < -0.4 is 10.5 Å². The molecular formula is C14H23N3O3. The smallest absolute Gasteiger partial charge is 0.271 e. The van der Waals surface area contributed by atoms with Gasteiger partial charge in [-0.2, -0.15) is 0 Å². The van der Waals surface area contributed by atoms with E-state index in [1.54, 1.807) is 6.07 Å². The lowest BCUT2D eigenvalue weighted by Gasteiger charge is -2.22. The average molecular weight is 281 g/mol. The van der Waals surface area contributed by atoms with E-state index in [1.807, 2.05) is 0 Å². The molecular weight excluding hydrogens is 258 g/mol. The monoisotopic (exact) mass is 281 g/mol. The minimum absolute atomic E-state index is 0.0222. The van der Waals surface area contributed by atoms with Crippen LogP contribution in [0.2, 0.25) is 0 Å². The van der Waals surface area contributed by atoms with Crippen LogP contribution >= 0.6 is 0 Å². The number of hydrogen-bond donors (Lipinski definition) is 1. The zero-order valence-electron chi connectivity index (χ0n) is 12.3. The summed E-state index contributed by atoms with van der Waals surface area (Å²) < 4.78 is 5.65. The average Bonchev–Trinajstić information content (AvgIpc) is 2.43. The molecule has 0 heterocycles. The highest BCUT2D eigenvalue weighted by Crippen LogP contribution is 2.26. The second-order valence-electron chi connectivity index (χ2n) is 4.88.